The Morgan fingerprint density at radius 3 is 2.53 bits per heavy atom. The highest BCUT2D eigenvalue weighted by Gasteiger charge is 2.05. The Bertz CT molecular complexity index is 459. The minimum absolute atomic E-state index is 0.175. The van der Waals surface area contributed by atoms with Crippen LogP contribution >= 0.6 is 0 Å². The third-order valence-corrected chi connectivity index (χ3v) is 1.97. The second kappa shape index (κ2) is 4.83. The molecular formula is C12H10N2O. The van der Waals surface area contributed by atoms with Crippen LogP contribution in [-0.4, -0.2) is 5.11 Å². The number of aliphatic hydroxyl groups excluding tert-OH is 1. The fourth-order valence-corrected chi connectivity index (χ4v) is 1.26. The first-order valence-electron chi connectivity index (χ1n) is 4.45. The van der Waals surface area contributed by atoms with Crippen molar-refractivity contribution in [3.63, 3.8) is 0 Å². The number of benzene rings is 1. The summed E-state index contributed by atoms with van der Waals surface area (Å²) in [5.41, 5.74) is 1.74. The first-order valence-corrected chi connectivity index (χ1v) is 4.45. The van der Waals surface area contributed by atoms with Crippen molar-refractivity contribution in [2.45, 2.75) is 13.3 Å². The Labute approximate surface area is 88.5 Å². The number of nitriles is 2. The molecule has 0 aromatic heterocycles. The van der Waals surface area contributed by atoms with Gasteiger partial charge in [0.25, 0.3) is 0 Å². The second-order valence-electron chi connectivity index (χ2n) is 3.21. The summed E-state index contributed by atoms with van der Waals surface area (Å²) in [6, 6.07) is 10.9. The van der Waals surface area contributed by atoms with Crippen molar-refractivity contribution < 1.29 is 5.11 Å². The minimum atomic E-state index is -0.225. The van der Waals surface area contributed by atoms with Crippen LogP contribution in [-0.2, 0) is 6.42 Å². The molecule has 0 saturated carbocycles. The number of hydrogen-bond acceptors (Lipinski definition) is 3. The molecule has 0 spiro atoms. The van der Waals surface area contributed by atoms with E-state index in [0.29, 0.717) is 0 Å². The van der Waals surface area contributed by atoms with Gasteiger partial charge in [0.15, 0.2) is 5.57 Å². The summed E-state index contributed by atoms with van der Waals surface area (Å²) >= 11 is 0. The van der Waals surface area contributed by atoms with E-state index in [4.69, 9.17) is 10.5 Å². The third-order valence-electron chi connectivity index (χ3n) is 1.97. The molecule has 1 rings (SSSR count). The summed E-state index contributed by atoms with van der Waals surface area (Å²) in [4.78, 5) is 0. The van der Waals surface area contributed by atoms with Gasteiger partial charge in [-0.3, -0.25) is 0 Å². The fourth-order valence-electron chi connectivity index (χ4n) is 1.26. The van der Waals surface area contributed by atoms with Gasteiger partial charge in [0.2, 0.25) is 0 Å². The molecule has 0 bridgehead atoms. The molecule has 1 aromatic carbocycles. The number of aryl methyl sites for hydroxylation is 1. The van der Waals surface area contributed by atoms with Gasteiger partial charge in [-0.25, -0.2) is 0 Å². The van der Waals surface area contributed by atoms with Crippen LogP contribution in [0.1, 0.15) is 11.1 Å². The molecule has 0 unspecified atom stereocenters. The summed E-state index contributed by atoms with van der Waals surface area (Å²) in [6.45, 7) is 1.94. The van der Waals surface area contributed by atoms with Gasteiger partial charge in [-0.2, -0.15) is 10.5 Å². The molecule has 0 atom stereocenters. The number of aliphatic hydroxyl groups is 1. The standard InChI is InChI=1S/C12H10N2O/c1-9-3-2-4-10(5-9)6-12(15)11(7-13)8-14/h2-5,15H,6H2,1H3. The molecule has 0 heterocycles. The van der Waals surface area contributed by atoms with E-state index in [1.54, 1.807) is 12.1 Å². The van der Waals surface area contributed by atoms with Crippen LogP contribution in [0.2, 0.25) is 0 Å². The molecule has 3 nitrogen and oxygen atoms in total. The van der Waals surface area contributed by atoms with Crippen molar-refractivity contribution in [3.05, 3.63) is 46.7 Å². The highest BCUT2D eigenvalue weighted by atomic mass is 16.3. The summed E-state index contributed by atoms with van der Waals surface area (Å²) in [7, 11) is 0. The van der Waals surface area contributed by atoms with E-state index in [2.05, 4.69) is 0 Å². The first-order chi connectivity index (χ1) is 7.17. The lowest BCUT2D eigenvalue weighted by Crippen LogP contribution is -1.93. The predicted octanol–water partition coefficient (Wildman–Crippen LogP) is 2.40. The summed E-state index contributed by atoms with van der Waals surface area (Å²) < 4.78 is 0. The smallest absolute Gasteiger partial charge is 0.167 e. The molecule has 3 heteroatoms. The van der Waals surface area contributed by atoms with Gasteiger partial charge in [0.05, 0.1) is 0 Å². The molecule has 0 aliphatic heterocycles. The van der Waals surface area contributed by atoms with E-state index in [0.717, 1.165) is 11.1 Å². The van der Waals surface area contributed by atoms with E-state index in [1.807, 2.05) is 31.2 Å². The molecule has 0 aliphatic rings. The Morgan fingerprint density at radius 2 is 2.00 bits per heavy atom. The summed E-state index contributed by atoms with van der Waals surface area (Å²) in [5.74, 6) is -0.175. The van der Waals surface area contributed by atoms with E-state index < -0.39 is 0 Å². The monoisotopic (exact) mass is 198 g/mol. The Balaban J connectivity index is 2.94. The summed E-state index contributed by atoms with van der Waals surface area (Å²) in [6.07, 6.45) is 0.220. The van der Waals surface area contributed by atoms with E-state index in [9.17, 15) is 5.11 Å². The number of hydrogen-bond donors (Lipinski definition) is 1. The van der Waals surface area contributed by atoms with Crippen molar-refractivity contribution in [1.29, 1.82) is 10.5 Å². The van der Waals surface area contributed by atoms with Crippen LogP contribution in [0.3, 0.4) is 0 Å². The second-order valence-corrected chi connectivity index (χ2v) is 3.21. The van der Waals surface area contributed by atoms with Gasteiger partial charge in [0, 0.05) is 6.42 Å². The zero-order valence-corrected chi connectivity index (χ0v) is 8.36. The van der Waals surface area contributed by atoms with Crippen molar-refractivity contribution in [1.82, 2.24) is 0 Å². The molecule has 0 aliphatic carbocycles. The molecule has 15 heavy (non-hydrogen) atoms. The number of allylic oxidation sites excluding steroid dienone is 2. The topological polar surface area (TPSA) is 67.8 Å². The quantitative estimate of drug-likeness (QED) is 0.586. The molecule has 1 aromatic rings. The van der Waals surface area contributed by atoms with E-state index in [-0.39, 0.29) is 17.8 Å². The molecule has 1 N–H and O–H groups in total. The molecule has 0 fully saturated rings. The Kier molecular flexibility index (Phi) is 3.49. The van der Waals surface area contributed by atoms with Crippen LogP contribution in [0.4, 0.5) is 0 Å². The largest absolute Gasteiger partial charge is 0.510 e. The van der Waals surface area contributed by atoms with Gasteiger partial charge >= 0.3 is 0 Å². The normalized spacial score (nSPS) is 8.73. The van der Waals surface area contributed by atoms with Crippen LogP contribution in [0.5, 0.6) is 0 Å². The minimum Gasteiger partial charge on any atom is -0.510 e. The van der Waals surface area contributed by atoms with E-state index in [1.165, 1.54) is 0 Å². The molecule has 74 valence electrons. The summed E-state index contributed by atoms with van der Waals surface area (Å²) in [5, 5.41) is 26.6. The lowest BCUT2D eigenvalue weighted by Gasteiger charge is -2.01. The van der Waals surface area contributed by atoms with Crippen LogP contribution in [0.25, 0.3) is 0 Å². The van der Waals surface area contributed by atoms with Gasteiger partial charge in [-0.05, 0) is 12.5 Å². The first kappa shape index (κ1) is 10.8. The lowest BCUT2D eigenvalue weighted by atomic mass is 10.1. The van der Waals surface area contributed by atoms with Crippen molar-refractivity contribution in [3.8, 4) is 12.1 Å². The average molecular weight is 198 g/mol. The molecule has 0 radical (unpaired) electrons. The van der Waals surface area contributed by atoms with Crippen LogP contribution in [0, 0.1) is 29.6 Å². The molecule has 0 amide bonds. The Hall–Kier alpha value is -2.26. The zero-order valence-electron chi connectivity index (χ0n) is 8.36. The SMILES string of the molecule is Cc1cccc(CC(O)=C(C#N)C#N)c1. The van der Waals surface area contributed by atoms with Gasteiger partial charge in [-0.1, -0.05) is 29.8 Å². The third kappa shape index (κ3) is 2.86. The van der Waals surface area contributed by atoms with Gasteiger partial charge < -0.3 is 5.11 Å². The predicted molar refractivity (Wildman–Crippen MR) is 55.8 cm³/mol. The zero-order chi connectivity index (χ0) is 11.3. The van der Waals surface area contributed by atoms with Crippen LogP contribution in [0.15, 0.2) is 35.6 Å². The molecule has 0 saturated heterocycles. The maximum absolute atomic E-state index is 9.49. The van der Waals surface area contributed by atoms with Crippen molar-refractivity contribution >= 4 is 0 Å². The van der Waals surface area contributed by atoms with Crippen LogP contribution < -0.4 is 0 Å². The van der Waals surface area contributed by atoms with Gasteiger partial charge in [0.1, 0.15) is 17.9 Å². The van der Waals surface area contributed by atoms with Crippen molar-refractivity contribution in [2.24, 2.45) is 0 Å². The van der Waals surface area contributed by atoms with Gasteiger partial charge in [-0.15, -0.1) is 0 Å². The fraction of sp³-hybridized carbons (Fsp3) is 0.167. The highest BCUT2D eigenvalue weighted by molar-refractivity contribution is 5.39. The highest BCUT2D eigenvalue weighted by Crippen LogP contribution is 2.10. The maximum Gasteiger partial charge on any atom is 0.167 e. The number of rotatable bonds is 2. The Morgan fingerprint density at radius 1 is 1.33 bits per heavy atom. The average Bonchev–Trinajstić information content (AvgIpc) is 2.19. The molecular weight excluding hydrogens is 188 g/mol. The number of nitrogens with zero attached hydrogens (tertiary/aromatic N) is 2. The lowest BCUT2D eigenvalue weighted by molar-refractivity contribution is 0.396. The van der Waals surface area contributed by atoms with Crippen molar-refractivity contribution in [2.75, 3.05) is 0 Å². The van der Waals surface area contributed by atoms with E-state index >= 15 is 0 Å². The maximum atomic E-state index is 9.49.